The lowest BCUT2D eigenvalue weighted by Gasteiger charge is -2.33. The van der Waals surface area contributed by atoms with Gasteiger partial charge in [0.25, 0.3) is 5.91 Å². The largest absolute Gasteiger partial charge is 0.497 e. The van der Waals surface area contributed by atoms with Crippen molar-refractivity contribution in [1.29, 1.82) is 0 Å². The van der Waals surface area contributed by atoms with Crippen LogP contribution in [0.3, 0.4) is 0 Å². The lowest BCUT2D eigenvalue weighted by atomic mass is 9.97. The minimum atomic E-state index is -4.52. The number of methoxy groups -OCH3 is 1. The van der Waals surface area contributed by atoms with Crippen molar-refractivity contribution in [3.05, 3.63) is 70.9 Å². The Kier molecular flexibility index (Phi) is 5.58. The standard InChI is InChI=1S/C23H23F3N4O2/c1-13-4-5-14(2)17(10-13)28-22(31)19-12-21-27-18(15-6-8-16(32-3)9-7-15)11-20(23(24,25)26)30(21)29-19/h4-10,12,18,20,27H,11H2,1-3H3,(H,28,31)/t18-,20+/m1/s1. The molecule has 1 aromatic heterocycles. The summed E-state index contributed by atoms with van der Waals surface area (Å²) in [6.07, 6.45) is -4.77. The van der Waals surface area contributed by atoms with Gasteiger partial charge in [0.2, 0.25) is 0 Å². The van der Waals surface area contributed by atoms with Crippen molar-refractivity contribution >= 4 is 17.4 Å². The summed E-state index contributed by atoms with van der Waals surface area (Å²) in [5.41, 5.74) is 3.00. The number of anilines is 2. The third-order valence-corrected chi connectivity index (χ3v) is 5.58. The summed E-state index contributed by atoms with van der Waals surface area (Å²) in [4.78, 5) is 12.8. The first-order chi connectivity index (χ1) is 15.2. The quantitative estimate of drug-likeness (QED) is 0.564. The second-order valence-corrected chi connectivity index (χ2v) is 7.90. The average Bonchev–Trinajstić information content (AvgIpc) is 3.19. The number of carbonyl (C=O) groups is 1. The molecule has 32 heavy (non-hydrogen) atoms. The number of benzene rings is 2. The number of alkyl halides is 3. The summed E-state index contributed by atoms with van der Waals surface area (Å²) in [6, 6.07) is 11.4. The molecule has 6 nitrogen and oxygen atoms in total. The van der Waals surface area contributed by atoms with E-state index in [0.717, 1.165) is 15.8 Å². The molecule has 0 fully saturated rings. The Morgan fingerprint density at radius 2 is 1.88 bits per heavy atom. The molecule has 3 aromatic rings. The highest BCUT2D eigenvalue weighted by Gasteiger charge is 2.46. The zero-order chi connectivity index (χ0) is 23.0. The first-order valence-electron chi connectivity index (χ1n) is 10.1. The molecule has 2 N–H and O–H groups in total. The zero-order valence-electron chi connectivity index (χ0n) is 17.8. The van der Waals surface area contributed by atoms with Gasteiger partial charge in [0.1, 0.15) is 11.6 Å². The van der Waals surface area contributed by atoms with E-state index in [-0.39, 0.29) is 17.9 Å². The monoisotopic (exact) mass is 444 g/mol. The minimum Gasteiger partial charge on any atom is -0.497 e. The van der Waals surface area contributed by atoms with Crippen LogP contribution in [-0.2, 0) is 0 Å². The van der Waals surface area contributed by atoms with Crippen molar-refractivity contribution in [1.82, 2.24) is 9.78 Å². The van der Waals surface area contributed by atoms with Crippen LogP contribution >= 0.6 is 0 Å². The van der Waals surface area contributed by atoms with Crippen LogP contribution in [0.1, 0.15) is 45.7 Å². The SMILES string of the molecule is COc1ccc([C@H]2C[C@@H](C(F)(F)F)n3nc(C(=O)Nc4cc(C)ccc4C)cc3N2)cc1. The number of nitrogens with zero attached hydrogens (tertiary/aromatic N) is 2. The molecule has 1 aliphatic heterocycles. The van der Waals surface area contributed by atoms with Gasteiger partial charge in [-0.05, 0) is 48.7 Å². The number of rotatable bonds is 4. The molecule has 0 unspecified atom stereocenters. The minimum absolute atomic E-state index is 0.0852. The second kappa shape index (κ2) is 8.22. The van der Waals surface area contributed by atoms with Crippen LogP contribution in [0.4, 0.5) is 24.7 Å². The van der Waals surface area contributed by atoms with E-state index in [1.807, 2.05) is 26.0 Å². The van der Waals surface area contributed by atoms with E-state index < -0.39 is 24.2 Å². The van der Waals surface area contributed by atoms with Crippen molar-refractivity contribution in [2.45, 2.75) is 38.5 Å². The predicted octanol–water partition coefficient (Wildman–Crippen LogP) is 5.42. The Labute approximate surface area is 183 Å². The van der Waals surface area contributed by atoms with Gasteiger partial charge in [0.15, 0.2) is 11.7 Å². The molecule has 0 aliphatic carbocycles. The summed E-state index contributed by atoms with van der Waals surface area (Å²) in [5, 5.41) is 9.84. The topological polar surface area (TPSA) is 68.2 Å². The first kappa shape index (κ1) is 21.7. The smallest absolute Gasteiger partial charge is 0.410 e. The van der Waals surface area contributed by atoms with Gasteiger partial charge in [-0.15, -0.1) is 0 Å². The molecular formula is C23H23F3N4O2. The molecular weight excluding hydrogens is 421 g/mol. The molecule has 0 bridgehead atoms. The number of amides is 1. The van der Waals surface area contributed by atoms with Crippen molar-refractivity contribution in [2.75, 3.05) is 17.7 Å². The number of halogens is 3. The number of hydrogen-bond acceptors (Lipinski definition) is 4. The van der Waals surface area contributed by atoms with E-state index in [0.29, 0.717) is 17.0 Å². The fourth-order valence-corrected chi connectivity index (χ4v) is 3.80. The summed E-state index contributed by atoms with van der Waals surface area (Å²) in [7, 11) is 1.52. The van der Waals surface area contributed by atoms with Crippen LogP contribution in [0, 0.1) is 13.8 Å². The lowest BCUT2D eigenvalue weighted by Crippen LogP contribution is -2.35. The third-order valence-electron chi connectivity index (χ3n) is 5.58. The van der Waals surface area contributed by atoms with Crippen molar-refractivity contribution in [3.8, 4) is 5.75 Å². The highest BCUT2D eigenvalue weighted by Crippen LogP contribution is 2.43. The van der Waals surface area contributed by atoms with E-state index in [9.17, 15) is 18.0 Å². The maximum atomic E-state index is 13.9. The highest BCUT2D eigenvalue weighted by molar-refractivity contribution is 6.03. The van der Waals surface area contributed by atoms with Gasteiger partial charge < -0.3 is 15.4 Å². The van der Waals surface area contributed by atoms with E-state index in [1.165, 1.54) is 13.2 Å². The van der Waals surface area contributed by atoms with Crippen LogP contribution in [0.15, 0.2) is 48.5 Å². The fourth-order valence-electron chi connectivity index (χ4n) is 3.80. The number of nitrogens with one attached hydrogen (secondary N) is 2. The lowest BCUT2D eigenvalue weighted by molar-refractivity contribution is -0.173. The Morgan fingerprint density at radius 3 is 2.53 bits per heavy atom. The Hall–Kier alpha value is -3.49. The number of aromatic nitrogens is 2. The molecule has 1 aliphatic rings. The molecule has 0 saturated heterocycles. The molecule has 0 saturated carbocycles. The predicted molar refractivity (Wildman–Crippen MR) is 115 cm³/mol. The second-order valence-electron chi connectivity index (χ2n) is 7.90. The average molecular weight is 444 g/mol. The summed E-state index contributed by atoms with van der Waals surface area (Å²) in [5.74, 6) is 0.196. The van der Waals surface area contributed by atoms with Gasteiger partial charge in [0.05, 0.1) is 13.2 Å². The van der Waals surface area contributed by atoms with Crippen LogP contribution < -0.4 is 15.4 Å². The van der Waals surface area contributed by atoms with Crippen molar-refractivity contribution in [3.63, 3.8) is 0 Å². The number of carbonyl (C=O) groups excluding carboxylic acids is 1. The molecule has 168 valence electrons. The molecule has 2 atom stereocenters. The van der Waals surface area contributed by atoms with Crippen LogP contribution in [0.5, 0.6) is 5.75 Å². The van der Waals surface area contributed by atoms with E-state index in [2.05, 4.69) is 15.7 Å². The van der Waals surface area contributed by atoms with Crippen LogP contribution in [-0.4, -0.2) is 29.0 Å². The van der Waals surface area contributed by atoms with E-state index in [1.54, 1.807) is 30.3 Å². The summed E-state index contributed by atoms with van der Waals surface area (Å²) in [6.45, 7) is 3.73. The first-order valence-corrected chi connectivity index (χ1v) is 10.1. The molecule has 1 amide bonds. The number of aryl methyl sites for hydroxylation is 2. The van der Waals surface area contributed by atoms with Crippen molar-refractivity contribution in [2.24, 2.45) is 0 Å². The normalized spacial score (nSPS) is 17.9. The van der Waals surface area contributed by atoms with Crippen molar-refractivity contribution < 1.29 is 22.7 Å². The highest BCUT2D eigenvalue weighted by atomic mass is 19.4. The molecule has 0 radical (unpaired) electrons. The van der Waals surface area contributed by atoms with Crippen LogP contribution in [0.2, 0.25) is 0 Å². The van der Waals surface area contributed by atoms with Gasteiger partial charge in [-0.2, -0.15) is 18.3 Å². The van der Waals surface area contributed by atoms with Gasteiger partial charge in [0, 0.05) is 18.2 Å². The fraction of sp³-hybridized carbons (Fsp3) is 0.304. The molecule has 0 spiro atoms. The van der Waals surface area contributed by atoms with Gasteiger partial charge >= 0.3 is 6.18 Å². The van der Waals surface area contributed by atoms with Gasteiger partial charge in [-0.3, -0.25) is 4.79 Å². The molecule has 2 aromatic carbocycles. The third kappa shape index (κ3) is 4.28. The zero-order valence-corrected chi connectivity index (χ0v) is 17.8. The van der Waals surface area contributed by atoms with Gasteiger partial charge in [-0.1, -0.05) is 24.3 Å². The molecule has 2 heterocycles. The van der Waals surface area contributed by atoms with E-state index in [4.69, 9.17) is 4.74 Å². The Morgan fingerprint density at radius 1 is 1.16 bits per heavy atom. The molecule has 9 heteroatoms. The van der Waals surface area contributed by atoms with Crippen LogP contribution in [0.25, 0.3) is 0 Å². The maximum absolute atomic E-state index is 13.9. The number of hydrogen-bond donors (Lipinski definition) is 2. The number of ether oxygens (including phenoxy) is 1. The molecule has 4 rings (SSSR count). The summed E-state index contributed by atoms with van der Waals surface area (Å²) >= 11 is 0. The Bertz CT molecular complexity index is 1140. The maximum Gasteiger partial charge on any atom is 0.410 e. The van der Waals surface area contributed by atoms with E-state index >= 15 is 0 Å². The number of fused-ring (bicyclic) bond motifs is 1. The Balaban J connectivity index is 1.64. The van der Waals surface area contributed by atoms with Gasteiger partial charge in [-0.25, -0.2) is 4.68 Å². The summed E-state index contributed by atoms with van der Waals surface area (Å²) < 4.78 is 47.6.